The van der Waals surface area contributed by atoms with Crippen molar-refractivity contribution in [2.24, 2.45) is 28.9 Å². The molecule has 2 fully saturated rings. The molecule has 2 heterocycles. The van der Waals surface area contributed by atoms with Crippen LogP contribution in [-0.4, -0.2) is 136 Å². The normalized spacial score (nSPS) is 22.3. The maximum absolute atomic E-state index is 15.0. The first-order valence-electron chi connectivity index (χ1n) is 27.0. The fraction of sp³-hybridized carbons (Fsp3) is 0.473. The number of anilines is 1. The van der Waals surface area contributed by atoms with E-state index in [1.54, 1.807) is 48.7 Å². The average Bonchev–Trinajstić information content (AvgIpc) is 3.90. The van der Waals surface area contributed by atoms with Crippen molar-refractivity contribution >= 4 is 103 Å². The number of aromatic amines is 1. The molecule has 23 nitrogen and oxygen atoms in total. The van der Waals surface area contributed by atoms with Crippen molar-refractivity contribution in [1.29, 1.82) is 0 Å². The second-order valence-corrected chi connectivity index (χ2v) is 23.5. The standard InChI is InChI=1S/C55H74ClN13O10S2/c1-30(70)46-54(78)68-45(52(76)64-41(47(59)71)24-31-9-3-2-4-10-31)29-81-80-28-44(67-48(72)38(58)23-32-14-18-35(56)19-15-32)53(77)65-42(25-33-16-20-36(21-17-33)62-55(60)79)50(74)66-43(26-34-27-61-39-12-6-5-11-37(34)39)51(75)63-40(49(73)69-46)13-7-8-22-57/h5-6,11-12,14-21,27,30-31,38,40-46,61,70H,2-4,7-10,13,22-26,28-29,57-58H2,1H3,(H2,59,71)(H,63,75)(H,64,76)(H,65,77)(H,66,74)(H,67,72)(H,68,78)(H,69,73)(H3,60,62,79)/t30-,38+,40+,41+,42+,43-,44-,45+,46+/m1/s1. The van der Waals surface area contributed by atoms with Crippen LogP contribution < -0.4 is 65.5 Å². The van der Waals surface area contributed by atoms with Crippen LogP contribution in [0, 0.1) is 5.92 Å². The van der Waals surface area contributed by atoms with Gasteiger partial charge in [-0.25, -0.2) is 4.79 Å². The van der Waals surface area contributed by atoms with E-state index in [0.29, 0.717) is 40.2 Å². The van der Waals surface area contributed by atoms with Gasteiger partial charge in [-0.1, -0.05) is 108 Å². The topological polar surface area (TPSA) is 390 Å². The number of benzene rings is 3. The van der Waals surface area contributed by atoms with E-state index < -0.39 is 108 Å². The summed E-state index contributed by atoms with van der Waals surface area (Å²) in [5.74, 6) is -7.02. The molecule has 2 aliphatic rings. The molecule has 26 heteroatoms. The average molecular weight is 1180 g/mol. The lowest BCUT2D eigenvalue weighted by Gasteiger charge is -2.29. The van der Waals surface area contributed by atoms with Crippen molar-refractivity contribution in [3.8, 4) is 0 Å². The molecule has 1 aromatic heterocycles. The summed E-state index contributed by atoms with van der Waals surface area (Å²) in [6.07, 6.45) is 5.52. The van der Waals surface area contributed by atoms with Crippen LogP contribution in [0.25, 0.3) is 10.9 Å². The molecular weight excluding hydrogens is 1100 g/mol. The van der Waals surface area contributed by atoms with E-state index in [1.807, 2.05) is 18.2 Å². The lowest BCUT2D eigenvalue weighted by atomic mass is 9.84. The SMILES string of the molecule is C[C@@H](O)[C@@H]1NC(=O)[C@H](CCCCN)NC(=O)[C@@H](Cc2c[nH]c3ccccc23)NC(=O)[C@H](Cc2ccc(NC(N)=O)cc2)NC(=O)[C@H](NC(=O)[C@@H](N)Cc2ccc(Cl)cc2)CSSC[C@@H](C(=O)N[C@@H](CC2CCCCC2)C(N)=O)NC1=O. The molecule has 81 heavy (non-hydrogen) atoms. The first-order valence-corrected chi connectivity index (χ1v) is 29.9. The number of halogens is 1. The monoisotopic (exact) mass is 1180 g/mol. The zero-order valence-electron chi connectivity index (χ0n) is 45.0. The number of urea groups is 1. The lowest BCUT2D eigenvalue weighted by molar-refractivity contribution is -0.136. The Kier molecular flexibility index (Phi) is 24.5. The maximum Gasteiger partial charge on any atom is 0.316 e. The van der Waals surface area contributed by atoms with E-state index in [2.05, 4.69) is 47.5 Å². The van der Waals surface area contributed by atoms with Crippen molar-refractivity contribution in [1.82, 2.24) is 42.2 Å². The second kappa shape index (κ2) is 31.3. The van der Waals surface area contributed by atoms with Gasteiger partial charge < -0.3 is 75.6 Å². The van der Waals surface area contributed by atoms with Gasteiger partial charge in [-0.2, -0.15) is 0 Å². The molecule has 1 aliphatic carbocycles. The molecule has 0 bridgehead atoms. The molecule has 438 valence electrons. The first kappa shape index (κ1) is 63.3. The predicted octanol–water partition coefficient (Wildman–Crippen LogP) is 1.42. The molecule has 0 spiro atoms. The predicted molar refractivity (Wildman–Crippen MR) is 312 cm³/mol. The fourth-order valence-electron chi connectivity index (χ4n) is 9.66. The number of hydrogen-bond acceptors (Lipinski definition) is 14. The van der Waals surface area contributed by atoms with Crippen molar-refractivity contribution in [3.05, 3.63) is 101 Å². The summed E-state index contributed by atoms with van der Waals surface area (Å²) in [5.41, 5.74) is 26.3. The largest absolute Gasteiger partial charge is 0.391 e. The molecule has 0 radical (unpaired) electrons. The Balaban J connectivity index is 1.40. The molecule has 3 aromatic carbocycles. The number of para-hydroxylation sites is 1. The van der Waals surface area contributed by atoms with Gasteiger partial charge in [0.25, 0.3) is 0 Å². The van der Waals surface area contributed by atoms with E-state index in [4.69, 9.17) is 34.5 Å². The van der Waals surface area contributed by atoms with E-state index in [1.165, 1.54) is 19.1 Å². The van der Waals surface area contributed by atoms with Crippen LogP contribution in [-0.2, 0) is 57.6 Å². The number of amides is 10. The summed E-state index contributed by atoms with van der Waals surface area (Å²) >= 11 is 6.10. The number of fused-ring (bicyclic) bond motifs is 1. The Morgan fingerprint density at radius 3 is 2.04 bits per heavy atom. The Morgan fingerprint density at radius 2 is 1.37 bits per heavy atom. The zero-order valence-corrected chi connectivity index (χ0v) is 47.4. The van der Waals surface area contributed by atoms with Gasteiger partial charge in [0.15, 0.2) is 0 Å². The van der Waals surface area contributed by atoms with Crippen molar-refractivity contribution in [3.63, 3.8) is 0 Å². The summed E-state index contributed by atoms with van der Waals surface area (Å²) in [4.78, 5) is 129. The van der Waals surface area contributed by atoms with Gasteiger partial charge in [-0.3, -0.25) is 38.4 Å². The number of aromatic nitrogens is 1. The zero-order chi connectivity index (χ0) is 58.6. The third kappa shape index (κ3) is 19.7. The molecular formula is C55H74ClN13O10S2. The Labute approximate surface area is 482 Å². The minimum atomic E-state index is -1.69. The van der Waals surface area contributed by atoms with Crippen LogP contribution >= 0.6 is 33.2 Å². The highest BCUT2D eigenvalue weighted by molar-refractivity contribution is 8.76. The number of unbranched alkanes of at least 4 members (excludes halogenated alkanes) is 1. The number of H-pyrrole nitrogens is 1. The maximum atomic E-state index is 15.0. The van der Waals surface area contributed by atoms with E-state index in [0.717, 1.165) is 64.6 Å². The van der Waals surface area contributed by atoms with E-state index >= 15 is 0 Å². The number of aliphatic hydroxyl groups excluding tert-OH is 1. The second-order valence-electron chi connectivity index (χ2n) is 20.5. The van der Waals surface area contributed by atoms with Crippen LogP contribution in [0.4, 0.5) is 10.5 Å². The number of carbonyl (C=O) groups is 9. The number of nitrogens with two attached hydrogens (primary N) is 4. The number of primary amides is 2. The number of hydrogen-bond donors (Lipinski definition) is 14. The van der Waals surface area contributed by atoms with E-state index in [-0.39, 0.29) is 56.1 Å². The summed E-state index contributed by atoms with van der Waals surface area (Å²) < 4.78 is 0. The molecule has 0 unspecified atom stereocenters. The van der Waals surface area contributed by atoms with E-state index in [9.17, 15) is 48.3 Å². The van der Waals surface area contributed by atoms with Gasteiger partial charge in [0, 0.05) is 52.2 Å². The van der Waals surface area contributed by atoms with Gasteiger partial charge in [0.1, 0.15) is 42.3 Å². The Bertz CT molecular complexity index is 2820. The molecule has 6 rings (SSSR count). The highest BCUT2D eigenvalue weighted by atomic mass is 35.5. The van der Waals surface area contributed by atoms with Crippen LogP contribution in [0.5, 0.6) is 0 Å². The van der Waals surface area contributed by atoms with Gasteiger partial charge >= 0.3 is 6.03 Å². The smallest absolute Gasteiger partial charge is 0.316 e. The van der Waals surface area contributed by atoms with Crippen LogP contribution in [0.1, 0.15) is 81.4 Å². The molecule has 18 N–H and O–H groups in total. The van der Waals surface area contributed by atoms with Gasteiger partial charge in [0.05, 0.1) is 12.1 Å². The third-order valence-electron chi connectivity index (χ3n) is 14.1. The van der Waals surface area contributed by atoms with Crippen LogP contribution in [0.2, 0.25) is 5.02 Å². The number of aliphatic hydroxyl groups is 1. The minimum absolute atomic E-state index is 0.000814. The number of carbonyl (C=O) groups excluding carboxylic acids is 9. The van der Waals surface area contributed by atoms with Crippen molar-refractivity contribution in [2.75, 3.05) is 23.4 Å². The summed E-state index contributed by atoms with van der Waals surface area (Å²) in [7, 11) is 2.03. The number of nitrogens with one attached hydrogen (secondary N) is 9. The summed E-state index contributed by atoms with van der Waals surface area (Å²) in [5, 5.41) is 33.8. The van der Waals surface area contributed by atoms with Crippen LogP contribution in [0.3, 0.4) is 0 Å². The van der Waals surface area contributed by atoms with Gasteiger partial charge in [-0.05, 0) is 98.5 Å². The quantitative estimate of drug-likeness (QED) is 0.0467. The minimum Gasteiger partial charge on any atom is -0.391 e. The molecule has 1 aliphatic heterocycles. The molecule has 1 saturated carbocycles. The van der Waals surface area contributed by atoms with Crippen molar-refractivity contribution in [2.45, 2.75) is 138 Å². The van der Waals surface area contributed by atoms with Crippen molar-refractivity contribution < 1.29 is 48.3 Å². The fourth-order valence-corrected chi connectivity index (χ4v) is 12.1. The molecule has 1 saturated heterocycles. The highest BCUT2D eigenvalue weighted by Gasteiger charge is 2.37. The summed E-state index contributed by atoms with van der Waals surface area (Å²) in [6.45, 7) is 1.50. The third-order valence-corrected chi connectivity index (χ3v) is 16.8. The van der Waals surface area contributed by atoms with Gasteiger partial charge in [0.2, 0.25) is 47.3 Å². The van der Waals surface area contributed by atoms with Gasteiger partial charge in [-0.15, -0.1) is 0 Å². The number of rotatable bonds is 19. The van der Waals surface area contributed by atoms with Crippen LogP contribution in [0.15, 0.2) is 79.0 Å². The first-order chi connectivity index (χ1) is 38.8. The highest BCUT2D eigenvalue weighted by Crippen LogP contribution is 2.28. The molecule has 10 amide bonds. The lowest BCUT2D eigenvalue weighted by Crippen LogP contribution is -2.62. The summed E-state index contributed by atoms with van der Waals surface area (Å²) in [6, 6.07) is 8.33. The Hall–Kier alpha value is -6.90. The molecule has 4 aromatic rings. The Morgan fingerprint density at radius 1 is 0.741 bits per heavy atom. The molecule has 9 atom stereocenters.